The van der Waals surface area contributed by atoms with Crippen molar-refractivity contribution >= 4 is 11.9 Å². The molecule has 0 radical (unpaired) electrons. The molecule has 1 unspecified atom stereocenters. The van der Waals surface area contributed by atoms with Crippen LogP contribution < -0.4 is 5.32 Å². The third kappa shape index (κ3) is 3.49. The second-order valence-electron chi connectivity index (χ2n) is 4.64. The number of carboxylic acids is 1. The molecule has 0 heterocycles. The lowest BCUT2D eigenvalue weighted by atomic mass is 10.1. The van der Waals surface area contributed by atoms with Gasteiger partial charge in [-0.1, -0.05) is 0 Å². The highest BCUT2D eigenvalue weighted by molar-refractivity contribution is 5.94. The van der Waals surface area contributed by atoms with Gasteiger partial charge in [0.25, 0.3) is 5.91 Å². The summed E-state index contributed by atoms with van der Waals surface area (Å²) in [6, 6.07) is 2.15. The van der Waals surface area contributed by atoms with Crippen molar-refractivity contribution in [3.8, 4) is 0 Å². The van der Waals surface area contributed by atoms with Gasteiger partial charge in [-0.3, -0.25) is 9.59 Å². The van der Waals surface area contributed by atoms with E-state index in [-0.39, 0.29) is 17.9 Å². The van der Waals surface area contributed by atoms with Crippen molar-refractivity contribution in [2.75, 3.05) is 0 Å². The number of halogens is 2. The summed E-state index contributed by atoms with van der Waals surface area (Å²) in [7, 11) is 0. The highest BCUT2D eigenvalue weighted by atomic mass is 19.1. The highest BCUT2D eigenvalue weighted by Crippen LogP contribution is 2.34. The van der Waals surface area contributed by atoms with Gasteiger partial charge >= 0.3 is 5.97 Å². The number of hydrogen-bond acceptors (Lipinski definition) is 2. The van der Waals surface area contributed by atoms with Crippen LogP contribution in [0.25, 0.3) is 0 Å². The zero-order chi connectivity index (χ0) is 14.0. The molecule has 1 aliphatic rings. The van der Waals surface area contributed by atoms with Crippen molar-refractivity contribution in [2.24, 2.45) is 5.92 Å². The van der Waals surface area contributed by atoms with Crippen LogP contribution in [0.3, 0.4) is 0 Å². The smallest absolute Gasteiger partial charge is 0.305 e. The monoisotopic (exact) mass is 269 g/mol. The molecule has 2 rings (SSSR count). The summed E-state index contributed by atoms with van der Waals surface area (Å²) in [6.45, 7) is 0. The number of benzene rings is 1. The first-order valence-electron chi connectivity index (χ1n) is 5.95. The Morgan fingerprint density at radius 3 is 2.58 bits per heavy atom. The summed E-state index contributed by atoms with van der Waals surface area (Å²) in [5.74, 6) is -3.32. The molecule has 102 valence electrons. The van der Waals surface area contributed by atoms with Gasteiger partial charge in [0.2, 0.25) is 0 Å². The van der Waals surface area contributed by atoms with Crippen molar-refractivity contribution in [3.63, 3.8) is 0 Å². The lowest BCUT2D eigenvalue weighted by Gasteiger charge is -2.16. The van der Waals surface area contributed by atoms with Gasteiger partial charge in [0, 0.05) is 12.1 Å². The number of rotatable bonds is 5. The van der Waals surface area contributed by atoms with Crippen LogP contribution in [0.4, 0.5) is 8.78 Å². The fraction of sp³-hybridized carbons (Fsp3) is 0.385. The summed E-state index contributed by atoms with van der Waals surface area (Å²) in [5, 5.41) is 11.3. The summed E-state index contributed by atoms with van der Waals surface area (Å²) in [6.07, 6.45) is 1.51. The van der Waals surface area contributed by atoms with Crippen LogP contribution in [-0.4, -0.2) is 23.0 Å². The molecular formula is C13H13F2NO3. The third-order valence-electron chi connectivity index (χ3n) is 3.08. The Kier molecular flexibility index (Phi) is 3.78. The molecule has 4 nitrogen and oxygen atoms in total. The predicted octanol–water partition coefficient (Wildman–Crippen LogP) is 1.95. The zero-order valence-corrected chi connectivity index (χ0v) is 10.0. The summed E-state index contributed by atoms with van der Waals surface area (Å²) >= 11 is 0. The topological polar surface area (TPSA) is 66.4 Å². The van der Waals surface area contributed by atoms with E-state index in [0.717, 1.165) is 25.0 Å². The Bertz CT molecular complexity index is 515. The van der Waals surface area contributed by atoms with E-state index in [4.69, 9.17) is 5.11 Å². The lowest BCUT2D eigenvalue weighted by Crippen LogP contribution is -2.38. The van der Waals surface area contributed by atoms with Gasteiger partial charge in [0.15, 0.2) is 0 Å². The van der Waals surface area contributed by atoms with Crippen LogP contribution in [0.5, 0.6) is 0 Å². The highest BCUT2D eigenvalue weighted by Gasteiger charge is 2.34. The first-order chi connectivity index (χ1) is 8.97. The van der Waals surface area contributed by atoms with Gasteiger partial charge < -0.3 is 10.4 Å². The minimum atomic E-state index is -1.02. The second-order valence-corrected chi connectivity index (χ2v) is 4.64. The lowest BCUT2D eigenvalue weighted by molar-refractivity contribution is -0.137. The fourth-order valence-electron chi connectivity index (χ4n) is 1.94. The molecule has 1 aliphatic carbocycles. The number of hydrogen-bond donors (Lipinski definition) is 2. The molecular weight excluding hydrogens is 256 g/mol. The van der Waals surface area contributed by atoms with Crippen LogP contribution in [-0.2, 0) is 4.79 Å². The summed E-state index contributed by atoms with van der Waals surface area (Å²) < 4.78 is 26.1. The first kappa shape index (κ1) is 13.5. The van der Waals surface area contributed by atoms with Gasteiger partial charge in [-0.15, -0.1) is 0 Å². The number of carbonyl (C=O) groups is 2. The minimum absolute atomic E-state index is 0.128. The van der Waals surface area contributed by atoms with Crippen LogP contribution in [0.1, 0.15) is 29.6 Å². The Labute approximate surface area is 108 Å². The molecule has 1 atom stereocenters. The van der Waals surface area contributed by atoms with E-state index < -0.39 is 29.6 Å². The first-order valence-corrected chi connectivity index (χ1v) is 5.95. The molecule has 1 aromatic carbocycles. The Balaban J connectivity index is 2.08. The SMILES string of the molecule is O=C(O)CC(NC(=O)c1ccc(F)cc1F)C1CC1. The molecule has 1 aromatic rings. The van der Waals surface area contributed by atoms with Gasteiger partial charge in [-0.05, 0) is 30.9 Å². The van der Waals surface area contributed by atoms with Crippen LogP contribution in [0.2, 0.25) is 0 Å². The fourth-order valence-corrected chi connectivity index (χ4v) is 1.94. The molecule has 0 bridgehead atoms. The maximum absolute atomic E-state index is 13.4. The Morgan fingerprint density at radius 1 is 1.37 bits per heavy atom. The van der Waals surface area contributed by atoms with E-state index in [1.165, 1.54) is 0 Å². The Hall–Kier alpha value is -1.98. The van der Waals surface area contributed by atoms with E-state index in [2.05, 4.69) is 5.32 Å². The number of amides is 1. The zero-order valence-electron chi connectivity index (χ0n) is 10.0. The molecule has 0 spiro atoms. The number of carboxylic acid groups (broad SMARTS) is 1. The normalized spacial score (nSPS) is 15.9. The van der Waals surface area contributed by atoms with Gasteiger partial charge in [-0.25, -0.2) is 8.78 Å². The van der Waals surface area contributed by atoms with E-state index in [0.29, 0.717) is 6.07 Å². The molecule has 0 saturated heterocycles. The van der Waals surface area contributed by atoms with Crippen molar-refractivity contribution in [2.45, 2.75) is 25.3 Å². The molecule has 0 aromatic heterocycles. The number of nitrogens with one attached hydrogen (secondary N) is 1. The maximum Gasteiger partial charge on any atom is 0.305 e. The quantitative estimate of drug-likeness (QED) is 0.858. The maximum atomic E-state index is 13.4. The average molecular weight is 269 g/mol. The van der Waals surface area contributed by atoms with Crippen molar-refractivity contribution in [1.82, 2.24) is 5.32 Å². The number of carbonyl (C=O) groups excluding carboxylic acids is 1. The predicted molar refractivity (Wildman–Crippen MR) is 62.6 cm³/mol. The molecule has 19 heavy (non-hydrogen) atoms. The Morgan fingerprint density at radius 2 is 2.05 bits per heavy atom. The third-order valence-corrected chi connectivity index (χ3v) is 3.08. The molecule has 1 amide bonds. The van der Waals surface area contributed by atoms with Gasteiger partial charge in [0.1, 0.15) is 11.6 Å². The van der Waals surface area contributed by atoms with Gasteiger partial charge in [-0.2, -0.15) is 0 Å². The van der Waals surface area contributed by atoms with Crippen molar-refractivity contribution < 1.29 is 23.5 Å². The molecule has 2 N–H and O–H groups in total. The number of aliphatic carboxylic acids is 1. The standard InChI is InChI=1S/C13H13F2NO3/c14-8-3-4-9(10(15)5-8)13(19)16-11(6-12(17)18)7-1-2-7/h3-5,7,11H,1-2,6H2,(H,16,19)(H,17,18). The van der Waals surface area contributed by atoms with Crippen LogP contribution in [0, 0.1) is 17.6 Å². The summed E-state index contributed by atoms with van der Waals surface area (Å²) in [5.41, 5.74) is -0.280. The average Bonchev–Trinajstić information content (AvgIpc) is 3.10. The van der Waals surface area contributed by atoms with Gasteiger partial charge in [0.05, 0.1) is 12.0 Å². The molecule has 1 saturated carbocycles. The van der Waals surface area contributed by atoms with Crippen LogP contribution >= 0.6 is 0 Å². The van der Waals surface area contributed by atoms with Crippen LogP contribution in [0.15, 0.2) is 18.2 Å². The van der Waals surface area contributed by atoms with Crippen molar-refractivity contribution in [1.29, 1.82) is 0 Å². The van der Waals surface area contributed by atoms with E-state index in [1.54, 1.807) is 0 Å². The minimum Gasteiger partial charge on any atom is -0.481 e. The molecule has 1 fully saturated rings. The molecule has 6 heteroatoms. The largest absolute Gasteiger partial charge is 0.481 e. The van der Waals surface area contributed by atoms with Crippen molar-refractivity contribution in [3.05, 3.63) is 35.4 Å². The summed E-state index contributed by atoms with van der Waals surface area (Å²) in [4.78, 5) is 22.5. The molecule has 0 aliphatic heterocycles. The van der Waals surface area contributed by atoms with E-state index in [9.17, 15) is 18.4 Å². The van der Waals surface area contributed by atoms with E-state index in [1.807, 2.05) is 0 Å². The van der Waals surface area contributed by atoms with E-state index >= 15 is 0 Å². The second kappa shape index (κ2) is 5.34.